The summed E-state index contributed by atoms with van der Waals surface area (Å²) < 4.78 is 0. The van der Waals surface area contributed by atoms with Crippen LogP contribution in [0.4, 0.5) is 0 Å². The van der Waals surface area contributed by atoms with E-state index in [9.17, 15) is 19.8 Å². The fourth-order valence-electron chi connectivity index (χ4n) is 8.43. The summed E-state index contributed by atoms with van der Waals surface area (Å²) in [6.45, 7) is 8.43. The van der Waals surface area contributed by atoms with E-state index in [1.165, 1.54) is 12.5 Å². The van der Waals surface area contributed by atoms with Crippen molar-refractivity contribution in [3.05, 3.63) is 11.6 Å². The molecule has 3 saturated carbocycles. The number of carboxylic acid groups (broad SMARTS) is 1. The standard InChI is InChI=1S/C27H42O5/c1-16(6-5-11-27(4,32)24(30)31)19-7-8-20-23-21(10-13-26(19,20)3)25(2)12-9-18(28)14-17(25)15-22(23)29/h15-16,18-21,23,28,32H,5-14H2,1-4H3,(H,30,31)/t16?,18-,19+,20-,21-,23-,25-,26+,27?/m0/s1. The Bertz CT molecular complexity index is 800. The Balaban J connectivity index is 1.49. The van der Waals surface area contributed by atoms with Gasteiger partial charge in [-0.15, -0.1) is 0 Å². The van der Waals surface area contributed by atoms with Gasteiger partial charge in [-0.3, -0.25) is 4.79 Å². The molecule has 2 unspecified atom stereocenters. The SMILES string of the molecule is CC(CCCC(C)(O)C(=O)O)[C@H]1CC[C@H]2[C@@H]3C(=O)C=C4C[C@@H](O)CC[C@]4(C)[C@H]3CC[C@]12C. The van der Waals surface area contributed by atoms with Gasteiger partial charge in [-0.2, -0.15) is 0 Å². The summed E-state index contributed by atoms with van der Waals surface area (Å²) in [4.78, 5) is 24.6. The molecule has 0 aliphatic heterocycles. The van der Waals surface area contributed by atoms with Gasteiger partial charge in [-0.05, 0) is 105 Å². The second kappa shape index (κ2) is 8.23. The first-order valence-electron chi connectivity index (χ1n) is 12.8. The number of carbonyl (C=O) groups is 2. The molecule has 0 amide bonds. The number of aliphatic hydroxyl groups is 2. The number of ketones is 1. The maximum absolute atomic E-state index is 13.4. The van der Waals surface area contributed by atoms with Crippen molar-refractivity contribution >= 4 is 11.8 Å². The second-order valence-corrected chi connectivity index (χ2v) is 12.3. The number of fused-ring (bicyclic) bond motifs is 5. The van der Waals surface area contributed by atoms with Crippen LogP contribution < -0.4 is 0 Å². The molecule has 5 nitrogen and oxygen atoms in total. The van der Waals surface area contributed by atoms with Crippen molar-refractivity contribution < 1.29 is 24.9 Å². The molecule has 0 radical (unpaired) electrons. The lowest BCUT2D eigenvalue weighted by Gasteiger charge is -2.57. The van der Waals surface area contributed by atoms with Crippen molar-refractivity contribution in [2.24, 2.45) is 40.4 Å². The van der Waals surface area contributed by atoms with Gasteiger partial charge in [0.1, 0.15) is 0 Å². The number of aliphatic hydroxyl groups excluding tert-OH is 1. The highest BCUT2D eigenvalue weighted by Crippen LogP contribution is 2.66. The van der Waals surface area contributed by atoms with Crippen LogP contribution in [0.15, 0.2) is 11.6 Å². The van der Waals surface area contributed by atoms with Gasteiger partial charge in [0.15, 0.2) is 11.4 Å². The lowest BCUT2D eigenvalue weighted by molar-refractivity contribution is -0.157. The highest BCUT2D eigenvalue weighted by Gasteiger charge is 2.61. The van der Waals surface area contributed by atoms with Crippen molar-refractivity contribution in [1.82, 2.24) is 0 Å². The van der Waals surface area contributed by atoms with Crippen molar-refractivity contribution in [3.8, 4) is 0 Å². The summed E-state index contributed by atoms with van der Waals surface area (Å²) in [5.74, 6) is 1.09. The van der Waals surface area contributed by atoms with E-state index >= 15 is 0 Å². The van der Waals surface area contributed by atoms with Crippen LogP contribution in [0.25, 0.3) is 0 Å². The predicted molar refractivity (Wildman–Crippen MR) is 123 cm³/mol. The smallest absolute Gasteiger partial charge is 0.335 e. The Labute approximate surface area is 192 Å². The average molecular weight is 447 g/mol. The molecule has 3 fully saturated rings. The molecule has 4 aliphatic rings. The fraction of sp³-hybridized carbons (Fsp3) is 0.852. The van der Waals surface area contributed by atoms with Crippen molar-refractivity contribution in [2.45, 2.75) is 104 Å². The third-order valence-corrected chi connectivity index (χ3v) is 10.5. The molecule has 180 valence electrons. The Morgan fingerprint density at radius 3 is 2.59 bits per heavy atom. The molecule has 4 rings (SSSR count). The normalized spacial score (nSPS) is 44.0. The van der Waals surface area contributed by atoms with E-state index in [0.29, 0.717) is 42.3 Å². The fourth-order valence-corrected chi connectivity index (χ4v) is 8.43. The lowest BCUT2D eigenvalue weighted by Crippen LogP contribution is -2.53. The first-order chi connectivity index (χ1) is 14.9. The lowest BCUT2D eigenvalue weighted by atomic mass is 9.46. The molecule has 32 heavy (non-hydrogen) atoms. The number of rotatable bonds is 6. The molecule has 0 spiro atoms. The minimum Gasteiger partial charge on any atom is -0.479 e. The van der Waals surface area contributed by atoms with E-state index in [4.69, 9.17) is 5.11 Å². The molecule has 4 aliphatic carbocycles. The van der Waals surface area contributed by atoms with Crippen molar-refractivity contribution in [1.29, 1.82) is 0 Å². The van der Waals surface area contributed by atoms with E-state index in [1.807, 2.05) is 6.08 Å². The minimum atomic E-state index is -1.65. The zero-order valence-electron chi connectivity index (χ0n) is 20.3. The van der Waals surface area contributed by atoms with Crippen LogP contribution in [-0.2, 0) is 9.59 Å². The summed E-state index contributed by atoms with van der Waals surface area (Å²) >= 11 is 0. The third kappa shape index (κ3) is 3.77. The van der Waals surface area contributed by atoms with Crippen LogP contribution in [0.1, 0.15) is 91.9 Å². The highest BCUT2D eigenvalue weighted by molar-refractivity contribution is 5.94. The molecule has 0 aromatic rings. The van der Waals surface area contributed by atoms with Crippen LogP contribution in [0.5, 0.6) is 0 Å². The molecule has 9 atom stereocenters. The zero-order chi connectivity index (χ0) is 23.5. The third-order valence-electron chi connectivity index (χ3n) is 10.5. The zero-order valence-corrected chi connectivity index (χ0v) is 20.3. The number of hydrogen-bond donors (Lipinski definition) is 3. The quantitative estimate of drug-likeness (QED) is 0.547. The van der Waals surface area contributed by atoms with Crippen molar-refractivity contribution in [2.75, 3.05) is 0 Å². The van der Waals surface area contributed by atoms with Crippen LogP contribution in [0, 0.1) is 40.4 Å². The summed E-state index contributed by atoms with van der Waals surface area (Å²) in [5, 5.41) is 29.4. The van der Waals surface area contributed by atoms with E-state index in [0.717, 1.165) is 44.9 Å². The van der Waals surface area contributed by atoms with E-state index in [1.54, 1.807) is 0 Å². The Morgan fingerprint density at radius 2 is 1.91 bits per heavy atom. The molecule has 3 N–H and O–H groups in total. The number of carboxylic acids is 1. The van der Waals surface area contributed by atoms with E-state index in [2.05, 4.69) is 20.8 Å². The van der Waals surface area contributed by atoms with Crippen LogP contribution in [0.3, 0.4) is 0 Å². The Morgan fingerprint density at radius 1 is 1.19 bits per heavy atom. The summed E-state index contributed by atoms with van der Waals surface area (Å²) in [6, 6.07) is 0. The molecule has 0 aromatic heterocycles. The van der Waals surface area contributed by atoms with Gasteiger partial charge in [0.2, 0.25) is 0 Å². The molecular weight excluding hydrogens is 404 g/mol. The van der Waals surface area contributed by atoms with Gasteiger partial charge in [0, 0.05) is 5.92 Å². The number of aliphatic carboxylic acids is 1. The van der Waals surface area contributed by atoms with Gasteiger partial charge < -0.3 is 15.3 Å². The monoisotopic (exact) mass is 446 g/mol. The maximum Gasteiger partial charge on any atom is 0.335 e. The van der Waals surface area contributed by atoms with Gasteiger partial charge >= 0.3 is 5.97 Å². The molecule has 0 heterocycles. The van der Waals surface area contributed by atoms with E-state index in [-0.39, 0.29) is 29.3 Å². The molecule has 0 saturated heterocycles. The highest BCUT2D eigenvalue weighted by atomic mass is 16.4. The second-order valence-electron chi connectivity index (χ2n) is 12.3. The van der Waals surface area contributed by atoms with Gasteiger partial charge in [-0.1, -0.05) is 32.8 Å². The van der Waals surface area contributed by atoms with Gasteiger partial charge in [0.05, 0.1) is 6.10 Å². The molecule has 5 heteroatoms. The summed E-state index contributed by atoms with van der Waals surface area (Å²) in [7, 11) is 0. The number of carbonyl (C=O) groups excluding carboxylic acids is 1. The predicted octanol–water partition coefficient (Wildman–Crippen LogP) is 4.75. The number of hydrogen-bond acceptors (Lipinski definition) is 4. The Hall–Kier alpha value is -1.20. The van der Waals surface area contributed by atoms with Crippen molar-refractivity contribution in [3.63, 3.8) is 0 Å². The van der Waals surface area contributed by atoms with E-state index < -0.39 is 11.6 Å². The first-order valence-corrected chi connectivity index (χ1v) is 12.8. The molecule has 0 bridgehead atoms. The first kappa shape index (κ1) is 23.9. The van der Waals surface area contributed by atoms with Crippen LogP contribution in [-0.4, -0.2) is 38.8 Å². The molecule has 0 aromatic carbocycles. The molecular formula is C27H42O5. The summed E-state index contributed by atoms with van der Waals surface area (Å²) in [6.07, 6.45) is 10.5. The Kier molecular flexibility index (Phi) is 6.16. The van der Waals surface area contributed by atoms with Crippen LogP contribution in [0.2, 0.25) is 0 Å². The average Bonchev–Trinajstić information content (AvgIpc) is 3.06. The summed E-state index contributed by atoms with van der Waals surface area (Å²) in [5.41, 5.74) is -0.242. The maximum atomic E-state index is 13.4. The largest absolute Gasteiger partial charge is 0.479 e. The minimum absolute atomic E-state index is 0.0608. The topological polar surface area (TPSA) is 94.8 Å². The van der Waals surface area contributed by atoms with Gasteiger partial charge in [0.25, 0.3) is 0 Å². The number of allylic oxidation sites excluding steroid dienone is 1. The van der Waals surface area contributed by atoms with Gasteiger partial charge in [-0.25, -0.2) is 4.79 Å². The van der Waals surface area contributed by atoms with Crippen LogP contribution >= 0.6 is 0 Å².